The Labute approximate surface area is 94.0 Å². The van der Waals surface area contributed by atoms with Crippen LogP contribution < -0.4 is 0 Å². The van der Waals surface area contributed by atoms with E-state index in [-0.39, 0.29) is 11.8 Å². The molecule has 86 valence electrons. The second-order valence-corrected chi connectivity index (χ2v) is 3.44. The number of carbonyl (C=O) groups is 2. The van der Waals surface area contributed by atoms with Crippen molar-refractivity contribution >= 4 is 23.7 Å². The van der Waals surface area contributed by atoms with Gasteiger partial charge < -0.3 is 0 Å². The molecule has 0 heterocycles. The van der Waals surface area contributed by atoms with Crippen LogP contribution in [0.3, 0.4) is 0 Å². The van der Waals surface area contributed by atoms with E-state index >= 15 is 0 Å². The van der Waals surface area contributed by atoms with Crippen molar-refractivity contribution in [3.63, 3.8) is 0 Å². The average Bonchev–Trinajstić information content (AvgIpc) is 2.14. The highest BCUT2D eigenvalue weighted by Crippen LogP contribution is 2.38. The van der Waals surface area contributed by atoms with Gasteiger partial charge in [-0.15, -0.1) is 0 Å². The zero-order chi connectivity index (χ0) is 12.5. The predicted molar refractivity (Wildman–Crippen MR) is 51.8 cm³/mol. The Morgan fingerprint density at radius 3 is 2.31 bits per heavy atom. The summed E-state index contributed by atoms with van der Waals surface area (Å²) in [6, 6.07) is 2.03. The van der Waals surface area contributed by atoms with Crippen LogP contribution in [0.4, 0.5) is 13.2 Å². The van der Waals surface area contributed by atoms with E-state index in [0.29, 0.717) is 0 Å². The molecule has 0 saturated heterocycles. The summed E-state index contributed by atoms with van der Waals surface area (Å²) in [6.07, 6.45) is -4.56. The van der Waals surface area contributed by atoms with Crippen molar-refractivity contribution < 1.29 is 22.8 Å². The molecule has 0 spiro atoms. The third-order valence-electron chi connectivity index (χ3n) is 1.96. The van der Waals surface area contributed by atoms with Crippen LogP contribution in [-0.2, 0) is 6.18 Å². The van der Waals surface area contributed by atoms with Gasteiger partial charge >= 0.3 is 6.18 Å². The van der Waals surface area contributed by atoms with E-state index in [1.807, 2.05) is 0 Å². The van der Waals surface area contributed by atoms with Crippen molar-refractivity contribution in [3.8, 4) is 0 Å². The Morgan fingerprint density at radius 2 is 1.94 bits per heavy atom. The van der Waals surface area contributed by atoms with Crippen LogP contribution in [0.25, 0.3) is 0 Å². The minimum Gasteiger partial charge on any atom is -0.298 e. The molecule has 1 aromatic rings. The minimum absolute atomic E-state index is 0.210. The van der Waals surface area contributed by atoms with E-state index in [1.54, 1.807) is 0 Å². The number of aldehydes is 1. The number of carbonyl (C=O) groups excluding carboxylic acids is 2. The summed E-state index contributed by atoms with van der Waals surface area (Å²) in [6.45, 7) is 1.00. The molecule has 0 atom stereocenters. The lowest BCUT2D eigenvalue weighted by molar-refractivity contribution is -0.137. The van der Waals surface area contributed by atoms with Crippen molar-refractivity contribution in [3.05, 3.63) is 33.8 Å². The summed E-state index contributed by atoms with van der Waals surface area (Å²) >= 11 is 5.44. The summed E-state index contributed by atoms with van der Waals surface area (Å²) in [5, 5.41) is -0.741. The van der Waals surface area contributed by atoms with Crippen molar-refractivity contribution in [2.75, 3.05) is 0 Å². The van der Waals surface area contributed by atoms with Gasteiger partial charge in [-0.1, -0.05) is 11.6 Å². The zero-order valence-corrected chi connectivity index (χ0v) is 8.82. The number of alkyl halides is 3. The molecule has 0 fully saturated rings. The lowest BCUT2D eigenvalue weighted by Gasteiger charge is -2.13. The summed E-state index contributed by atoms with van der Waals surface area (Å²) in [7, 11) is 0. The number of ketones is 1. The van der Waals surface area contributed by atoms with E-state index < -0.39 is 28.1 Å². The maximum atomic E-state index is 12.6. The first-order chi connectivity index (χ1) is 7.29. The number of benzene rings is 1. The number of hydrogen-bond acceptors (Lipinski definition) is 2. The topological polar surface area (TPSA) is 34.1 Å². The summed E-state index contributed by atoms with van der Waals surface area (Å²) in [5.74, 6) is -0.758. The van der Waals surface area contributed by atoms with Gasteiger partial charge in [0.05, 0.1) is 10.6 Å². The van der Waals surface area contributed by atoms with Gasteiger partial charge in [0, 0.05) is 11.1 Å². The molecule has 1 aromatic carbocycles. The SMILES string of the molecule is CC(=O)c1ccc(C=O)c(Cl)c1C(F)(F)F. The maximum absolute atomic E-state index is 12.6. The zero-order valence-electron chi connectivity index (χ0n) is 8.06. The standard InChI is InChI=1S/C10H6ClF3O2/c1-5(16)7-3-2-6(4-15)9(11)8(7)10(12,13)14/h2-4H,1H3. The Morgan fingerprint density at radius 1 is 1.38 bits per heavy atom. The molecular formula is C10H6ClF3O2. The Hall–Kier alpha value is -1.36. The highest BCUT2D eigenvalue weighted by Gasteiger charge is 2.37. The lowest BCUT2D eigenvalue weighted by atomic mass is 10.0. The molecule has 1 rings (SSSR count). The fraction of sp³-hybridized carbons (Fsp3) is 0.200. The van der Waals surface area contributed by atoms with Crippen molar-refractivity contribution in [2.24, 2.45) is 0 Å². The predicted octanol–water partition coefficient (Wildman–Crippen LogP) is 3.37. The van der Waals surface area contributed by atoms with E-state index in [0.717, 1.165) is 19.1 Å². The fourth-order valence-corrected chi connectivity index (χ4v) is 1.57. The second-order valence-electron chi connectivity index (χ2n) is 3.06. The minimum atomic E-state index is -4.77. The largest absolute Gasteiger partial charge is 0.418 e. The van der Waals surface area contributed by atoms with Crippen LogP contribution in [0.15, 0.2) is 12.1 Å². The van der Waals surface area contributed by atoms with Gasteiger partial charge in [0.25, 0.3) is 0 Å². The summed E-state index contributed by atoms with van der Waals surface area (Å²) in [4.78, 5) is 21.5. The Bertz CT molecular complexity index is 452. The van der Waals surface area contributed by atoms with Gasteiger partial charge in [-0.05, 0) is 19.1 Å². The molecule has 0 radical (unpaired) electrons. The highest BCUT2D eigenvalue weighted by atomic mass is 35.5. The van der Waals surface area contributed by atoms with Crippen LogP contribution in [-0.4, -0.2) is 12.1 Å². The van der Waals surface area contributed by atoms with Crippen molar-refractivity contribution in [2.45, 2.75) is 13.1 Å². The van der Waals surface area contributed by atoms with E-state index in [1.165, 1.54) is 0 Å². The summed E-state index contributed by atoms with van der Waals surface area (Å²) in [5.41, 5.74) is -2.09. The molecule has 0 aliphatic heterocycles. The van der Waals surface area contributed by atoms with E-state index in [9.17, 15) is 22.8 Å². The second kappa shape index (κ2) is 4.25. The first-order valence-corrected chi connectivity index (χ1v) is 4.52. The first kappa shape index (κ1) is 12.7. The first-order valence-electron chi connectivity index (χ1n) is 4.15. The highest BCUT2D eigenvalue weighted by molar-refractivity contribution is 6.34. The Kier molecular flexibility index (Phi) is 3.38. The molecule has 16 heavy (non-hydrogen) atoms. The van der Waals surface area contributed by atoms with Gasteiger partial charge in [0.15, 0.2) is 12.1 Å². The normalized spacial score (nSPS) is 11.3. The van der Waals surface area contributed by atoms with Crippen LogP contribution >= 0.6 is 11.6 Å². The summed E-state index contributed by atoms with van der Waals surface area (Å²) < 4.78 is 37.9. The molecule has 0 bridgehead atoms. The quantitative estimate of drug-likeness (QED) is 0.596. The van der Waals surface area contributed by atoms with Crippen LogP contribution in [0.1, 0.15) is 33.2 Å². The van der Waals surface area contributed by atoms with Gasteiger partial charge in [-0.25, -0.2) is 0 Å². The van der Waals surface area contributed by atoms with Gasteiger partial charge in [0.1, 0.15) is 0 Å². The smallest absolute Gasteiger partial charge is 0.298 e. The lowest BCUT2D eigenvalue weighted by Crippen LogP contribution is -2.13. The maximum Gasteiger partial charge on any atom is 0.418 e. The third kappa shape index (κ3) is 2.24. The van der Waals surface area contributed by atoms with Gasteiger partial charge in [-0.3, -0.25) is 9.59 Å². The van der Waals surface area contributed by atoms with Gasteiger partial charge in [0.2, 0.25) is 0 Å². The molecule has 2 nitrogen and oxygen atoms in total. The van der Waals surface area contributed by atoms with Crippen LogP contribution in [0, 0.1) is 0 Å². The van der Waals surface area contributed by atoms with E-state index in [4.69, 9.17) is 11.6 Å². The third-order valence-corrected chi connectivity index (χ3v) is 2.37. The molecule has 0 amide bonds. The number of hydrogen-bond donors (Lipinski definition) is 0. The molecule has 0 unspecified atom stereocenters. The molecule has 0 N–H and O–H groups in total. The van der Waals surface area contributed by atoms with Crippen LogP contribution in [0.2, 0.25) is 5.02 Å². The van der Waals surface area contributed by atoms with E-state index in [2.05, 4.69) is 0 Å². The molecule has 0 aliphatic carbocycles. The number of Topliss-reactive ketones (excluding diaryl/α,β-unsaturated/α-hetero) is 1. The molecule has 0 saturated carbocycles. The number of halogens is 4. The fourth-order valence-electron chi connectivity index (χ4n) is 1.25. The molecule has 0 aromatic heterocycles. The molecular weight excluding hydrogens is 245 g/mol. The number of rotatable bonds is 2. The Balaban J connectivity index is 3.62. The van der Waals surface area contributed by atoms with Crippen molar-refractivity contribution in [1.29, 1.82) is 0 Å². The molecule has 6 heteroatoms. The van der Waals surface area contributed by atoms with Crippen LogP contribution in [0.5, 0.6) is 0 Å². The average molecular weight is 251 g/mol. The van der Waals surface area contributed by atoms with Gasteiger partial charge in [-0.2, -0.15) is 13.2 Å². The monoisotopic (exact) mass is 250 g/mol. The molecule has 0 aliphatic rings. The van der Waals surface area contributed by atoms with Crippen molar-refractivity contribution in [1.82, 2.24) is 0 Å².